The van der Waals surface area contributed by atoms with Gasteiger partial charge in [-0.3, -0.25) is 14.5 Å². The van der Waals surface area contributed by atoms with E-state index < -0.39 is 17.7 Å². The van der Waals surface area contributed by atoms with Crippen molar-refractivity contribution in [2.75, 3.05) is 0 Å². The van der Waals surface area contributed by atoms with Gasteiger partial charge in [0.2, 0.25) is 0 Å². The number of carbonyl (C=O) groups excluding carboxylic acids is 2. The Kier molecular flexibility index (Phi) is 8.82. The number of para-hydroxylation sites is 1. The van der Waals surface area contributed by atoms with E-state index in [2.05, 4.69) is 15.0 Å². The molecule has 2 N–H and O–H groups in total. The highest BCUT2D eigenvalue weighted by atomic mass is 32.2. The van der Waals surface area contributed by atoms with Crippen LogP contribution < -0.4 is 10.0 Å². The van der Waals surface area contributed by atoms with Crippen LogP contribution in [-0.2, 0) is 9.53 Å². The molecule has 0 spiro atoms. The molecule has 0 aliphatic carbocycles. The van der Waals surface area contributed by atoms with Gasteiger partial charge >= 0.3 is 6.09 Å². The Morgan fingerprint density at radius 2 is 1.96 bits per heavy atom. The monoisotopic (exact) mass is 393 g/mol. The standard InChI is InChI=1S/C20H31N3O3S/c1-8-21-17-14(4)10-9-11-16(17)27-23-18(24)15(12-13(2)3)22-19(25)26-20(5,6)7/h8-11,13,15H,12H2,1-7H3,(H,22,25)(H,23,24). The maximum atomic E-state index is 12.7. The van der Waals surface area contributed by atoms with Crippen LogP contribution in [-0.4, -0.2) is 29.9 Å². The Morgan fingerprint density at radius 3 is 2.52 bits per heavy atom. The van der Waals surface area contributed by atoms with E-state index in [4.69, 9.17) is 4.74 Å². The molecule has 0 heterocycles. The molecule has 2 amide bonds. The molecule has 0 saturated heterocycles. The molecule has 0 bridgehead atoms. The van der Waals surface area contributed by atoms with E-state index in [1.54, 1.807) is 27.0 Å². The van der Waals surface area contributed by atoms with Crippen molar-refractivity contribution in [3.05, 3.63) is 23.8 Å². The van der Waals surface area contributed by atoms with E-state index in [0.717, 1.165) is 16.1 Å². The molecule has 1 unspecified atom stereocenters. The van der Waals surface area contributed by atoms with Crippen LogP contribution in [0, 0.1) is 12.8 Å². The van der Waals surface area contributed by atoms with Crippen LogP contribution in [0.2, 0.25) is 0 Å². The second-order valence-electron chi connectivity index (χ2n) is 7.71. The maximum absolute atomic E-state index is 12.7. The first-order valence-corrected chi connectivity index (χ1v) is 9.89. The summed E-state index contributed by atoms with van der Waals surface area (Å²) >= 11 is 1.20. The molecule has 27 heavy (non-hydrogen) atoms. The number of rotatable bonds is 7. The van der Waals surface area contributed by atoms with Gasteiger partial charge in [-0.2, -0.15) is 0 Å². The van der Waals surface area contributed by atoms with Gasteiger partial charge in [0.05, 0.1) is 10.6 Å². The van der Waals surface area contributed by atoms with Gasteiger partial charge in [-0.1, -0.05) is 26.0 Å². The fourth-order valence-electron chi connectivity index (χ4n) is 2.34. The number of amides is 2. The maximum Gasteiger partial charge on any atom is 0.408 e. The Morgan fingerprint density at radius 1 is 1.30 bits per heavy atom. The molecule has 0 saturated carbocycles. The molecule has 0 aliphatic heterocycles. The highest BCUT2D eigenvalue weighted by molar-refractivity contribution is 7.98. The third-order valence-corrected chi connectivity index (χ3v) is 4.29. The highest BCUT2D eigenvalue weighted by Gasteiger charge is 2.25. The Labute approximate surface area is 166 Å². The number of alkyl carbamates (subject to hydrolysis) is 1. The van der Waals surface area contributed by atoms with E-state index in [0.29, 0.717) is 6.42 Å². The number of benzene rings is 1. The third kappa shape index (κ3) is 8.47. The number of carbonyl (C=O) groups is 2. The first-order chi connectivity index (χ1) is 12.5. The largest absolute Gasteiger partial charge is 0.444 e. The number of ether oxygens (including phenoxy) is 1. The van der Waals surface area contributed by atoms with Gasteiger partial charge in [0.25, 0.3) is 5.91 Å². The van der Waals surface area contributed by atoms with Gasteiger partial charge < -0.3 is 10.1 Å². The summed E-state index contributed by atoms with van der Waals surface area (Å²) in [6, 6.07) is 5.12. The zero-order chi connectivity index (χ0) is 20.6. The fraction of sp³-hybridized carbons (Fsp3) is 0.550. The third-order valence-electron chi connectivity index (χ3n) is 3.44. The number of aryl methyl sites for hydroxylation is 1. The molecular formula is C20H31N3O3S. The Hall–Kier alpha value is -2.02. The first-order valence-electron chi connectivity index (χ1n) is 9.08. The lowest BCUT2D eigenvalue weighted by molar-refractivity contribution is -0.121. The number of aliphatic imine (C=N–C) groups is 1. The minimum Gasteiger partial charge on any atom is -0.444 e. The summed E-state index contributed by atoms with van der Waals surface area (Å²) in [5, 5.41) is 2.68. The zero-order valence-corrected chi connectivity index (χ0v) is 18.1. The van der Waals surface area contributed by atoms with Crippen molar-refractivity contribution in [2.24, 2.45) is 10.9 Å². The molecule has 150 valence electrons. The van der Waals surface area contributed by atoms with E-state index in [-0.39, 0.29) is 11.8 Å². The van der Waals surface area contributed by atoms with Gasteiger partial charge in [-0.25, -0.2) is 4.79 Å². The average Bonchev–Trinajstić information content (AvgIpc) is 2.52. The first kappa shape index (κ1) is 23.0. The lowest BCUT2D eigenvalue weighted by Gasteiger charge is -2.24. The van der Waals surface area contributed by atoms with Crippen molar-refractivity contribution in [1.29, 1.82) is 0 Å². The highest BCUT2D eigenvalue weighted by Crippen LogP contribution is 2.30. The molecule has 6 nitrogen and oxygen atoms in total. The molecule has 0 aliphatic rings. The summed E-state index contributed by atoms with van der Waals surface area (Å²) in [7, 11) is 0. The average molecular weight is 394 g/mol. The van der Waals surface area contributed by atoms with Gasteiger partial charge in [-0.15, -0.1) is 0 Å². The van der Waals surface area contributed by atoms with Gasteiger partial charge in [0, 0.05) is 6.21 Å². The number of hydrogen-bond donors (Lipinski definition) is 2. The van der Waals surface area contributed by atoms with Crippen LogP contribution in [0.1, 0.15) is 53.5 Å². The summed E-state index contributed by atoms with van der Waals surface area (Å²) < 4.78 is 8.11. The van der Waals surface area contributed by atoms with E-state index in [9.17, 15) is 9.59 Å². The molecule has 0 fully saturated rings. The minimum atomic E-state index is -0.671. The smallest absolute Gasteiger partial charge is 0.408 e. The second-order valence-corrected chi connectivity index (χ2v) is 8.55. The van der Waals surface area contributed by atoms with Crippen molar-refractivity contribution in [2.45, 2.75) is 71.4 Å². The summed E-state index contributed by atoms with van der Waals surface area (Å²) in [5.41, 5.74) is 1.23. The summed E-state index contributed by atoms with van der Waals surface area (Å²) in [4.78, 5) is 30.0. The molecule has 1 atom stereocenters. The van der Waals surface area contributed by atoms with Crippen LogP contribution in [0.15, 0.2) is 28.1 Å². The number of nitrogens with zero attached hydrogens (tertiary/aromatic N) is 1. The number of hydrogen-bond acceptors (Lipinski definition) is 5. The number of nitrogens with one attached hydrogen (secondary N) is 2. The molecular weight excluding hydrogens is 362 g/mol. The van der Waals surface area contributed by atoms with Crippen molar-refractivity contribution >= 4 is 35.9 Å². The fourth-order valence-corrected chi connectivity index (χ4v) is 3.15. The van der Waals surface area contributed by atoms with E-state index >= 15 is 0 Å². The summed E-state index contributed by atoms with van der Waals surface area (Å²) in [5.74, 6) is -0.0348. The van der Waals surface area contributed by atoms with Crippen LogP contribution in [0.3, 0.4) is 0 Å². The molecule has 0 radical (unpaired) electrons. The predicted octanol–water partition coefficient (Wildman–Crippen LogP) is 4.78. The normalized spacial score (nSPS) is 12.9. The molecule has 1 aromatic carbocycles. The van der Waals surface area contributed by atoms with Gasteiger partial charge in [-0.05, 0) is 70.5 Å². The molecule has 0 aromatic heterocycles. The predicted molar refractivity (Wildman–Crippen MR) is 112 cm³/mol. The molecule has 1 aromatic rings. The Bertz CT molecular complexity index is 682. The van der Waals surface area contributed by atoms with Crippen molar-refractivity contribution in [3.63, 3.8) is 0 Å². The molecule has 1 rings (SSSR count). The topological polar surface area (TPSA) is 79.8 Å². The summed E-state index contributed by atoms with van der Waals surface area (Å²) in [6.45, 7) is 13.2. The Balaban J connectivity index is 2.83. The van der Waals surface area contributed by atoms with Crippen molar-refractivity contribution in [3.8, 4) is 0 Å². The van der Waals surface area contributed by atoms with Crippen molar-refractivity contribution < 1.29 is 14.3 Å². The van der Waals surface area contributed by atoms with E-state index in [1.807, 2.05) is 45.9 Å². The minimum absolute atomic E-state index is 0.236. The van der Waals surface area contributed by atoms with Crippen LogP contribution in [0.5, 0.6) is 0 Å². The quantitative estimate of drug-likeness (QED) is 0.516. The van der Waals surface area contributed by atoms with Crippen LogP contribution >= 0.6 is 11.9 Å². The zero-order valence-electron chi connectivity index (χ0n) is 17.3. The SMILES string of the molecule is CC=Nc1c(C)cccc1SNC(=O)C(CC(C)C)NC(=O)OC(C)(C)C. The van der Waals surface area contributed by atoms with Crippen LogP contribution in [0.4, 0.5) is 10.5 Å². The lowest BCUT2D eigenvalue weighted by Crippen LogP contribution is -2.47. The second kappa shape index (κ2) is 10.3. The van der Waals surface area contributed by atoms with Crippen LogP contribution in [0.25, 0.3) is 0 Å². The van der Waals surface area contributed by atoms with Gasteiger partial charge in [0.1, 0.15) is 11.6 Å². The summed E-state index contributed by atoms with van der Waals surface area (Å²) in [6.07, 6.45) is 1.64. The van der Waals surface area contributed by atoms with E-state index in [1.165, 1.54) is 11.9 Å². The van der Waals surface area contributed by atoms with Gasteiger partial charge in [0.15, 0.2) is 0 Å². The molecule has 7 heteroatoms. The van der Waals surface area contributed by atoms with Crippen molar-refractivity contribution in [1.82, 2.24) is 10.0 Å². The lowest BCUT2D eigenvalue weighted by atomic mass is 10.0.